The summed E-state index contributed by atoms with van der Waals surface area (Å²) in [6.07, 6.45) is 3.21. The van der Waals surface area contributed by atoms with Crippen LogP contribution >= 0.6 is 11.6 Å². The Labute approximate surface area is 131 Å². The van der Waals surface area contributed by atoms with Gasteiger partial charge in [-0.2, -0.15) is 5.10 Å². The number of hydrogen-bond donors (Lipinski definition) is 3. The van der Waals surface area contributed by atoms with Crippen molar-refractivity contribution in [3.05, 3.63) is 52.8 Å². The number of carbonyl (C=O) groups excluding carboxylic acids is 1. The Morgan fingerprint density at radius 3 is 2.95 bits per heavy atom. The molecule has 0 aliphatic heterocycles. The van der Waals surface area contributed by atoms with Gasteiger partial charge in [-0.05, 0) is 30.7 Å². The second-order valence-corrected chi connectivity index (χ2v) is 5.38. The van der Waals surface area contributed by atoms with Crippen molar-refractivity contribution in [2.45, 2.75) is 13.0 Å². The van der Waals surface area contributed by atoms with Crippen LogP contribution in [0.2, 0.25) is 5.02 Å². The van der Waals surface area contributed by atoms with E-state index in [0.717, 1.165) is 10.9 Å². The third-order valence-corrected chi connectivity index (χ3v) is 3.68. The number of fused-ring (bicyclic) bond motifs is 1. The summed E-state index contributed by atoms with van der Waals surface area (Å²) in [7, 11) is 0. The second-order valence-electron chi connectivity index (χ2n) is 4.97. The van der Waals surface area contributed by atoms with Crippen molar-refractivity contribution in [1.82, 2.24) is 15.2 Å². The van der Waals surface area contributed by atoms with Crippen LogP contribution < -0.4 is 11.1 Å². The fraction of sp³-hybridized carbons (Fsp3) is 0.133. The average molecular weight is 316 g/mol. The van der Waals surface area contributed by atoms with Gasteiger partial charge in [0.15, 0.2) is 5.65 Å². The molecular weight excluding hydrogens is 302 g/mol. The molecule has 2 aromatic heterocycles. The number of benzene rings is 1. The molecule has 6 nitrogen and oxygen atoms in total. The van der Waals surface area contributed by atoms with Gasteiger partial charge in [0.05, 0.1) is 17.3 Å². The van der Waals surface area contributed by atoms with E-state index in [1.54, 1.807) is 36.7 Å². The summed E-state index contributed by atoms with van der Waals surface area (Å²) in [4.78, 5) is 16.5. The number of aromatic amines is 1. The van der Waals surface area contributed by atoms with Crippen molar-refractivity contribution in [1.29, 1.82) is 0 Å². The molecule has 1 amide bonds. The first-order valence-electron chi connectivity index (χ1n) is 6.70. The number of H-pyrrole nitrogens is 1. The van der Waals surface area contributed by atoms with Crippen LogP contribution in [0.4, 0.5) is 5.69 Å². The first kappa shape index (κ1) is 14.5. The molecule has 0 bridgehead atoms. The third kappa shape index (κ3) is 2.66. The van der Waals surface area contributed by atoms with Crippen LogP contribution in [0.3, 0.4) is 0 Å². The Hall–Kier alpha value is -2.44. The molecule has 0 spiro atoms. The minimum absolute atomic E-state index is 0.185. The Bertz CT molecular complexity index is 843. The number of nitrogens with zero attached hydrogens (tertiary/aromatic N) is 2. The molecule has 1 unspecified atom stereocenters. The number of amides is 1. The van der Waals surface area contributed by atoms with Gasteiger partial charge in [-0.15, -0.1) is 0 Å². The number of pyridine rings is 1. The van der Waals surface area contributed by atoms with Crippen LogP contribution in [0.25, 0.3) is 11.0 Å². The monoisotopic (exact) mass is 315 g/mol. The van der Waals surface area contributed by atoms with E-state index in [1.807, 2.05) is 6.92 Å². The number of halogens is 1. The summed E-state index contributed by atoms with van der Waals surface area (Å²) in [5.74, 6) is -0.258. The molecule has 0 aliphatic carbocycles. The molecule has 1 atom stereocenters. The topological polar surface area (TPSA) is 96.7 Å². The van der Waals surface area contributed by atoms with Gasteiger partial charge >= 0.3 is 0 Å². The van der Waals surface area contributed by atoms with Crippen molar-refractivity contribution in [2.75, 3.05) is 5.32 Å². The zero-order chi connectivity index (χ0) is 15.7. The van der Waals surface area contributed by atoms with Gasteiger partial charge in [-0.25, -0.2) is 4.98 Å². The van der Waals surface area contributed by atoms with Crippen molar-refractivity contribution < 1.29 is 4.79 Å². The minimum Gasteiger partial charge on any atom is -0.324 e. The molecule has 0 saturated heterocycles. The lowest BCUT2D eigenvalue weighted by Gasteiger charge is -2.10. The highest BCUT2D eigenvalue weighted by Gasteiger charge is 2.13. The third-order valence-electron chi connectivity index (χ3n) is 3.36. The Kier molecular flexibility index (Phi) is 3.79. The van der Waals surface area contributed by atoms with E-state index in [1.165, 1.54) is 0 Å². The van der Waals surface area contributed by atoms with E-state index in [9.17, 15) is 4.79 Å². The number of anilines is 1. The standard InChI is InChI=1S/C15H14ClN5O/c1-8(17)10-3-2-9(6-12(10)16)15(22)20-13-4-5-18-14-11(13)7-19-21-14/h2-8H,17H2,1H3,(H2,18,19,20,21,22). The SMILES string of the molecule is CC(N)c1ccc(C(=O)Nc2ccnc3[nH]ncc23)cc1Cl. The van der Waals surface area contributed by atoms with Crippen LogP contribution in [0.15, 0.2) is 36.7 Å². The summed E-state index contributed by atoms with van der Waals surface area (Å²) in [6, 6.07) is 6.61. The predicted molar refractivity (Wildman–Crippen MR) is 85.9 cm³/mol. The quantitative estimate of drug-likeness (QED) is 0.692. The number of nitrogens with one attached hydrogen (secondary N) is 2. The maximum Gasteiger partial charge on any atom is 0.255 e. The first-order chi connectivity index (χ1) is 10.6. The molecule has 4 N–H and O–H groups in total. The van der Waals surface area contributed by atoms with Gasteiger partial charge in [0.1, 0.15) is 0 Å². The van der Waals surface area contributed by atoms with E-state index in [-0.39, 0.29) is 11.9 Å². The summed E-state index contributed by atoms with van der Waals surface area (Å²) in [5.41, 5.74) is 8.33. The molecular formula is C15H14ClN5O. The number of hydrogen-bond acceptors (Lipinski definition) is 4. The van der Waals surface area contributed by atoms with Gasteiger partial charge in [0.2, 0.25) is 0 Å². The van der Waals surface area contributed by atoms with Gasteiger partial charge in [-0.3, -0.25) is 9.89 Å². The fourth-order valence-electron chi connectivity index (χ4n) is 2.19. The second kappa shape index (κ2) is 5.75. The zero-order valence-corrected chi connectivity index (χ0v) is 12.6. The van der Waals surface area contributed by atoms with Gasteiger partial charge in [-0.1, -0.05) is 17.7 Å². The van der Waals surface area contributed by atoms with Crippen LogP contribution in [-0.2, 0) is 0 Å². The minimum atomic E-state index is -0.258. The van der Waals surface area contributed by atoms with Crippen LogP contribution in [-0.4, -0.2) is 21.1 Å². The lowest BCUT2D eigenvalue weighted by molar-refractivity contribution is 0.102. The van der Waals surface area contributed by atoms with Crippen LogP contribution in [0.1, 0.15) is 28.9 Å². The maximum atomic E-state index is 12.4. The van der Waals surface area contributed by atoms with Crippen molar-refractivity contribution in [2.24, 2.45) is 5.73 Å². The number of rotatable bonds is 3. The van der Waals surface area contributed by atoms with Gasteiger partial charge < -0.3 is 11.1 Å². The molecule has 22 heavy (non-hydrogen) atoms. The predicted octanol–water partition coefficient (Wildman–Crippen LogP) is 2.88. The molecule has 2 heterocycles. The zero-order valence-electron chi connectivity index (χ0n) is 11.8. The van der Waals surface area contributed by atoms with Crippen LogP contribution in [0, 0.1) is 0 Å². The summed E-state index contributed by atoms with van der Waals surface area (Å²) in [6.45, 7) is 1.84. The molecule has 3 rings (SSSR count). The molecule has 7 heteroatoms. The highest BCUT2D eigenvalue weighted by molar-refractivity contribution is 6.32. The van der Waals surface area contributed by atoms with E-state index in [0.29, 0.717) is 21.9 Å². The van der Waals surface area contributed by atoms with Crippen molar-refractivity contribution in [3.63, 3.8) is 0 Å². The Balaban J connectivity index is 1.89. The highest BCUT2D eigenvalue weighted by atomic mass is 35.5. The smallest absolute Gasteiger partial charge is 0.255 e. The van der Waals surface area contributed by atoms with Crippen molar-refractivity contribution in [3.8, 4) is 0 Å². The first-order valence-corrected chi connectivity index (χ1v) is 7.08. The van der Waals surface area contributed by atoms with E-state index >= 15 is 0 Å². The molecule has 0 saturated carbocycles. The Morgan fingerprint density at radius 2 is 2.23 bits per heavy atom. The molecule has 3 aromatic rings. The van der Waals surface area contributed by atoms with Gasteiger partial charge in [0.25, 0.3) is 5.91 Å². The van der Waals surface area contributed by atoms with Crippen molar-refractivity contribution >= 4 is 34.2 Å². The van der Waals surface area contributed by atoms with Gasteiger partial charge in [0, 0.05) is 22.8 Å². The Morgan fingerprint density at radius 1 is 1.41 bits per heavy atom. The number of aromatic nitrogens is 3. The molecule has 0 aliphatic rings. The summed E-state index contributed by atoms with van der Waals surface area (Å²) >= 11 is 6.16. The lowest BCUT2D eigenvalue weighted by atomic mass is 10.1. The molecule has 112 valence electrons. The largest absolute Gasteiger partial charge is 0.324 e. The normalized spacial score (nSPS) is 12.3. The number of nitrogens with two attached hydrogens (primary N) is 1. The number of carbonyl (C=O) groups is 1. The molecule has 0 fully saturated rings. The van der Waals surface area contributed by atoms with Crippen LogP contribution in [0.5, 0.6) is 0 Å². The van der Waals surface area contributed by atoms with E-state index in [2.05, 4.69) is 20.5 Å². The van der Waals surface area contributed by atoms with E-state index in [4.69, 9.17) is 17.3 Å². The average Bonchev–Trinajstić information content (AvgIpc) is 2.96. The molecule has 1 aromatic carbocycles. The fourth-order valence-corrected chi connectivity index (χ4v) is 2.54. The summed E-state index contributed by atoms with van der Waals surface area (Å²) in [5, 5.41) is 10.7. The van der Waals surface area contributed by atoms with E-state index < -0.39 is 0 Å². The summed E-state index contributed by atoms with van der Waals surface area (Å²) < 4.78 is 0. The highest BCUT2D eigenvalue weighted by Crippen LogP contribution is 2.24. The molecule has 0 radical (unpaired) electrons. The lowest BCUT2D eigenvalue weighted by Crippen LogP contribution is -2.13. The maximum absolute atomic E-state index is 12.4.